The molecule has 0 spiro atoms. The van der Waals surface area contributed by atoms with Gasteiger partial charge in [-0.15, -0.1) is 0 Å². The molecule has 1 aromatic rings. The van der Waals surface area contributed by atoms with Crippen molar-refractivity contribution in [3.8, 4) is 0 Å². The van der Waals surface area contributed by atoms with Crippen molar-refractivity contribution in [3.05, 3.63) is 35.4 Å². The van der Waals surface area contributed by atoms with Crippen molar-refractivity contribution in [3.63, 3.8) is 0 Å². The molecule has 2 heterocycles. The van der Waals surface area contributed by atoms with Gasteiger partial charge in [0.05, 0.1) is 0 Å². The molecule has 2 aliphatic heterocycles. The summed E-state index contributed by atoms with van der Waals surface area (Å²) in [5, 5.41) is 4.73. The zero-order valence-corrected chi connectivity index (χ0v) is 15.2. The lowest BCUT2D eigenvalue weighted by atomic mass is 10.1. The summed E-state index contributed by atoms with van der Waals surface area (Å²) >= 11 is 0. The van der Waals surface area contributed by atoms with E-state index in [0.29, 0.717) is 13.0 Å². The first kappa shape index (κ1) is 18.4. The third-order valence-corrected chi connectivity index (χ3v) is 5.10. The molecule has 26 heavy (non-hydrogen) atoms. The molecule has 140 valence electrons. The van der Waals surface area contributed by atoms with Crippen LogP contribution in [0.25, 0.3) is 0 Å². The standard InChI is InChI=1S/C19H26N4O3/c1-14-5-2-3-6-15(14)13-22-9-4-10-23(12-11-22)17(24)8-7-16-18(25)21-19(26)20-16/h2-3,5-6,16H,4,7-13H2,1H3,(H2,20,21,25,26). The molecule has 2 saturated heterocycles. The largest absolute Gasteiger partial charge is 0.341 e. The first-order valence-electron chi connectivity index (χ1n) is 9.19. The fourth-order valence-corrected chi connectivity index (χ4v) is 3.49. The van der Waals surface area contributed by atoms with Crippen LogP contribution >= 0.6 is 0 Å². The van der Waals surface area contributed by atoms with Crippen molar-refractivity contribution < 1.29 is 14.4 Å². The van der Waals surface area contributed by atoms with Crippen LogP contribution in [0.1, 0.15) is 30.4 Å². The average molecular weight is 358 g/mol. The van der Waals surface area contributed by atoms with Crippen molar-refractivity contribution in [1.82, 2.24) is 20.4 Å². The number of imide groups is 1. The van der Waals surface area contributed by atoms with Crippen LogP contribution < -0.4 is 10.6 Å². The fraction of sp³-hybridized carbons (Fsp3) is 0.526. The summed E-state index contributed by atoms with van der Waals surface area (Å²) < 4.78 is 0. The van der Waals surface area contributed by atoms with Crippen molar-refractivity contribution in [1.29, 1.82) is 0 Å². The number of amides is 4. The summed E-state index contributed by atoms with van der Waals surface area (Å²) in [5.41, 5.74) is 2.62. The number of carbonyl (C=O) groups is 3. The third kappa shape index (κ3) is 4.60. The van der Waals surface area contributed by atoms with E-state index in [1.54, 1.807) is 0 Å². The minimum atomic E-state index is -0.587. The van der Waals surface area contributed by atoms with Crippen LogP contribution in [0.15, 0.2) is 24.3 Å². The number of rotatable bonds is 5. The number of nitrogens with zero attached hydrogens (tertiary/aromatic N) is 2. The van der Waals surface area contributed by atoms with Crippen LogP contribution in [0, 0.1) is 6.92 Å². The lowest BCUT2D eigenvalue weighted by Crippen LogP contribution is -2.37. The van der Waals surface area contributed by atoms with E-state index in [9.17, 15) is 14.4 Å². The molecule has 0 saturated carbocycles. The van der Waals surface area contributed by atoms with Gasteiger partial charge in [-0.05, 0) is 30.9 Å². The molecule has 2 aliphatic rings. The number of benzene rings is 1. The van der Waals surface area contributed by atoms with Gasteiger partial charge in [0, 0.05) is 39.1 Å². The number of nitrogens with one attached hydrogen (secondary N) is 2. The molecule has 2 N–H and O–H groups in total. The van der Waals surface area contributed by atoms with E-state index in [2.05, 4.69) is 46.7 Å². The third-order valence-electron chi connectivity index (χ3n) is 5.10. The molecule has 0 bridgehead atoms. The summed E-state index contributed by atoms with van der Waals surface area (Å²) in [7, 11) is 0. The predicted molar refractivity (Wildman–Crippen MR) is 97.3 cm³/mol. The van der Waals surface area contributed by atoms with Crippen LogP contribution in [-0.4, -0.2) is 59.9 Å². The maximum atomic E-state index is 12.5. The van der Waals surface area contributed by atoms with Gasteiger partial charge in [0.25, 0.3) is 5.91 Å². The molecule has 1 aromatic carbocycles. The maximum absolute atomic E-state index is 12.5. The van der Waals surface area contributed by atoms with Gasteiger partial charge in [-0.1, -0.05) is 24.3 Å². The minimum Gasteiger partial charge on any atom is -0.341 e. The van der Waals surface area contributed by atoms with Crippen LogP contribution in [0.4, 0.5) is 4.79 Å². The second-order valence-corrected chi connectivity index (χ2v) is 6.99. The smallest absolute Gasteiger partial charge is 0.322 e. The summed E-state index contributed by atoms with van der Waals surface area (Å²) in [6, 6.07) is 7.33. The molecule has 1 unspecified atom stereocenters. The SMILES string of the molecule is Cc1ccccc1CN1CCCN(C(=O)CCC2NC(=O)NC2=O)CC1. The zero-order valence-electron chi connectivity index (χ0n) is 15.2. The van der Waals surface area contributed by atoms with Gasteiger partial charge in [-0.2, -0.15) is 0 Å². The normalized spacial score (nSPS) is 21.3. The first-order chi connectivity index (χ1) is 12.5. The predicted octanol–water partition coefficient (Wildman–Crippen LogP) is 1.02. The van der Waals surface area contributed by atoms with E-state index in [1.807, 2.05) is 4.90 Å². The minimum absolute atomic E-state index is 0.0525. The van der Waals surface area contributed by atoms with E-state index >= 15 is 0 Å². The van der Waals surface area contributed by atoms with E-state index in [1.165, 1.54) is 11.1 Å². The van der Waals surface area contributed by atoms with Crippen molar-refractivity contribution in [2.24, 2.45) is 0 Å². The van der Waals surface area contributed by atoms with E-state index in [-0.39, 0.29) is 18.2 Å². The van der Waals surface area contributed by atoms with Gasteiger partial charge in [0.15, 0.2) is 0 Å². The Morgan fingerprint density at radius 2 is 1.96 bits per heavy atom. The Balaban J connectivity index is 1.47. The lowest BCUT2D eigenvalue weighted by molar-refractivity contribution is -0.131. The van der Waals surface area contributed by atoms with Gasteiger partial charge in [-0.3, -0.25) is 19.8 Å². The molecule has 2 fully saturated rings. The monoisotopic (exact) mass is 358 g/mol. The summed E-state index contributed by atoms with van der Waals surface area (Å²) in [5.74, 6) is -0.292. The van der Waals surface area contributed by atoms with E-state index in [0.717, 1.165) is 32.6 Å². The van der Waals surface area contributed by atoms with Crippen LogP contribution in [0.3, 0.4) is 0 Å². The summed E-state index contributed by atoms with van der Waals surface area (Å²) in [6.45, 7) is 6.30. The van der Waals surface area contributed by atoms with Gasteiger partial charge in [0.1, 0.15) is 6.04 Å². The molecule has 0 aromatic heterocycles. The Bertz CT molecular complexity index is 691. The second kappa shape index (κ2) is 8.31. The van der Waals surface area contributed by atoms with Crippen molar-refractivity contribution in [2.75, 3.05) is 26.2 Å². The van der Waals surface area contributed by atoms with Crippen molar-refractivity contribution >= 4 is 17.8 Å². The lowest BCUT2D eigenvalue weighted by Gasteiger charge is -2.23. The number of carbonyl (C=O) groups excluding carboxylic acids is 3. The maximum Gasteiger partial charge on any atom is 0.322 e. The molecule has 7 heteroatoms. The molecule has 7 nitrogen and oxygen atoms in total. The van der Waals surface area contributed by atoms with Crippen LogP contribution in [0.5, 0.6) is 0 Å². The average Bonchev–Trinajstić information content (AvgIpc) is 2.81. The molecule has 4 amide bonds. The second-order valence-electron chi connectivity index (χ2n) is 6.99. The molecular formula is C19H26N4O3. The summed E-state index contributed by atoms with van der Waals surface area (Å²) in [4.78, 5) is 39.4. The molecule has 0 aliphatic carbocycles. The highest BCUT2D eigenvalue weighted by Crippen LogP contribution is 2.14. The first-order valence-corrected chi connectivity index (χ1v) is 9.19. The van der Waals surface area contributed by atoms with Crippen molar-refractivity contribution in [2.45, 2.75) is 38.8 Å². The van der Waals surface area contributed by atoms with Gasteiger partial charge in [0.2, 0.25) is 5.91 Å². The number of hydrogen-bond donors (Lipinski definition) is 2. The summed E-state index contributed by atoms with van der Waals surface area (Å²) in [6.07, 6.45) is 1.56. The molecular weight excluding hydrogens is 332 g/mol. The number of urea groups is 1. The highest BCUT2D eigenvalue weighted by atomic mass is 16.2. The molecule has 3 rings (SSSR count). The van der Waals surface area contributed by atoms with Gasteiger partial charge < -0.3 is 10.2 Å². The quantitative estimate of drug-likeness (QED) is 0.770. The Kier molecular flexibility index (Phi) is 5.88. The number of aryl methyl sites for hydroxylation is 1. The zero-order chi connectivity index (χ0) is 18.5. The van der Waals surface area contributed by atoms with Crippen LogP contribution in [0.2, 0.25) is 0 Å². The Morgan fingerprint density at radius 1 is 1.15 bits per heavy atom. The van der Waals surface area contributed by atoms with Gasteiger partial charge >= 0.3 is 6.03 Å². The molecule has 1 atom stereocenters. The molecule has 0 radical (unpaired) electrons. The van der Waals surface area contributed by atoms with Crippen LogP contribution in [-0.2, 0) is 16.1 Å². The van der Waals surface area contributed by atoms with E-state index < -0.39 is 12.1 Å². The Hall–Kier alpha value is -2.41. The Morgan fingerprint density at radius 3 is 2.69 bits per heavy atom. The highest BCUT2D eigenvalue weighted by Gasteiger charge is 2.30. The Labute approximate surface area is 153 Å². The van der Waals surface area contributed by atoms with E-state index in [4.69, 9.17) is 0 Å². The highest BCUT2D eigenvalue weighted by molar-refractivity contribution is 6.04. The fourth-order valence-electron chi connectivity index (χ4n) is 3.49. The number of hydrogen-bond acceptors (Lipinski definition) is 4. The topological polar surface area (TPSA) is 81.8 Å². The van der Waals surface area contributed by atoms with Gasteiger partial charge in [-0.25, -0.2) is 4.79 Å².